The average molecular weight is 344 g/mol. The minimum absolute atomic E-state index is 0.0750. The van der Waals surface area contributed by atoms with Crippen molar-refractivity contribution in [2.24, 2.45) is 0 Å². The van der Waals surface area contributed by atoms with Crippen molar-refractivity contribution < 1.29 is 54.2 Å². The third-order valence-corrected chi connectivity index (χ3v) is 1.63. The number of hydrogen-bond donors (Lipinski definition) is 0. The molecular formula is C10H8F8O4. The summed E-state index contributed by atoms with van der Waals surface area (Å²) in [5.41, 5.74) is 0. The van der Waals surface area contributed by atoms with Crippen molar-refractivity contribution in [3.05, 3.63) is 12.2 Å². The summed E-state index contributed by atoms with van der Waals surface area (Å²) in [5.74, 6) is -3.47. The van der Waals surface area contributed by atoms with Gasteiger partial charge in [0, 0.05) is 12.2 Å². The summed E-state index contributed by atoms with van der Waals surface area (Å²) in [6.45, 7) is 0. The lowest BCUT2D eigenvalue weighted by atomic mass is 10.4. The maximum Gasteiger partial charge on any atom is 0.395 e. The van der Waals surface area contributed by atoms with Crippen LogP contribution in [-0.2, 0) is 19.1 Å². The minimum Gasteiger partial charge on any atom is -0.428 e. The highest BCUT2D eigenvalue weighted by molar-refractivity contribution is 5.91. The second-order valence-corrected chi connectivity index (χ2v) is 3.67. The molecule has 12 heteroatoms. The van der Waals surface area contributed by atoms with Crippen LogP contribution in [0.4, 0.5) is 35.1 Å². The Morgan fingerprint density at radius 2 is 1.05 bits per heavy atom. The smallest absolute Gasteiger partial charge is 0.395 e. The summed E-state index contributed by atoms with van der Waals surface area (Å²) >= 11 is 0. The lowest BCUT2D eigenvalue weighted by Gasteiger charge is -2.11. The van der Waals surface area contributed by atoms with E-state index in [9.17, 15) is 44.7 Å². The molecule has 0 aliphatic heterocycles. The van der Waals surface area contributed by atoms with Gasteiger partial charge in [-0.05, 0) is 0 Å². The first-order valence-electron chi connectivity index (χ1n) is 5.29. The SMILES string of the molecule is O=C(C=CC(=O)OC(F)CC(F)(F)F)OC(F)CC(F)(F)F. The van der Waals surface area contributed by atoms with Gasteiger partial charge in [0.05, 0.1) is 0 Å². The van der Waals surface area contributed by atoms with Gasteiger partial charge >= 0.3 is 24.3 Å². The second kappa shape index (κ2) is 7.94. The van der Waals surface area contributed by atoms with Crippen LogP contribution in [0.5, 0.6) is 0 Å². The fourth-order valence-corrected chi connectivity index (χ4v) is 0.914. The summed E-state index contributed by atoms with van der Waals surface area (Å²) in [7, 11) is 0. The van der Waals surface area contributed by atoms with E-state index in [1.165, 1.54) is 0 Å². The first kappa shape index (κ1) is 20.1. The fourth-order valence-electron chi connectivity index (χ4n) is 0.914. The van der Waals surface area contributed by atoms with Crippen molar-refractivity contribution >= 4 is 11.9 Å². The summed E-state index contributed by atoms with van der Waals surface area (Å²) in [6.07, 6.45) is -20.0. The predicted molar refractivity (Wildman–Crippen MR) is 52.5 cm³/mol. The van der Waals surface area contributed by atoms with Crippen LogP contribution in [0, 0.1) is 0 Å². The van der Waals surface area contributed by atoms with E-state index in [0.717, 1.165) is 0 Å². The highest BCUT2D eigenvalue weighted by atomic mass is 19.4. The molecule has 0 radical (unpaired) electrons. The van der Waals surface area contributed by atoms with Crippen molar-refractivity contribution in [1.29, 1.82) is 0 Å². The highest BCUT2D eigenvalue weighted by Gasteiger charge is 2.34. The van der Waals surface area contributed by atoms with Gasteiger partial charge in [-0.15, -0.1) is 0 Å². The Morgan fingerprint density at radius 1 is 0.773 bits per heavy atom. The van der Waals surface area contributed by atoms with Crippen LogP contribution in [-0.4, -0.2) is 37.0 Å². The van der Waals surface area contributed by atoms with Crippen molar-refractivity contribution in [2.45, 2.75) is 37.9 Å². The molecule has 0 aliphatic carbocycles. The van der Waals surface area contributed by atoms with Gasteiger partial charge in [-0.1, -0.05) is 0 Å². The Hall–Kier alpha value is -1.88. The van der Waals surface area contributed by atoms with E-state index >= 15 is 0 Å². The van der Waals surface area contributed by atoms with E-state index < -0.39 is 49.8 Å². The summed E-state index contributed by atoms with van der Waals surface area (Å²) in [5, 5.41) is 0. The summed E-state index contributed by atoms with van der Waals surface area (Å²) in [4.78, 5) is 21.5. The van der Waals surface area contributed by atoms with E-state index in [-0.39, 0.29) is 12.2 Å². The third kappa shape index (κ3) is 11.9. The number of rotatable bonds is 6. The molecule has 0 N–H and O–H groups in total. The van der Waals surface area contributed by atoms with Crippen LogP contribution in [0.25, 0.3) is 0 Å². The lowest BCUT2D eigenvalue weighted by molar-refractivity contribution is -0.190. The molecule has 128 valence electrons. The van der Waals surface area contributed by atoms with Gasteiger partial charge in [-0.3, -0.25) is 0 Å². The zero-order chi connectivity index (χ0) is 17.6. The van der Waals surface area contributed by atoms with E-state index in [2.05, 4.69) is 9.47 Å². The molecule has 0 saturated heterocycles. The lowest BCUT2D eigenvalue weighted by Crippen LogP contribution is -2.22. The highest BCUT2D eigenvalue weighted by Crippen LogP contribution is 2.24. The molecule has 0 heterocycles. The summed E-state index contributed by atoms with van der Waals surface area (Å²) < 4.78 is 102. The van der Waals surface area contributed by atoms with Gasteiger partial charge in [-0.2, -0.15) is 26.3 Å². The topological polar surface area (TPSA) is 52.6 Å². The molecule has 0 aromatic heterocycles. The van der Waals surface area contributed by atoms with Crippen LogP contribution in [0.3, 0.4) is 0 Å². The van der Waals surface area contributed by atoms with Crippen LogP contribution >= 0.6 is 0 Å². The van der Waals surface area contributed by atoms with Crippen LogP contribution in [0.1, 0.15) is 12.8 Å². The van der Waals surface area contributed by atoms with E-state index in [1.807, 2.05) is 0 Å². The largest absolute Gasteiger partial charge is 0.428 e. The van der Waals surface area contributed by atoms with Gasteiger partial charge in [-0.25, -0.2) is 18.4 Å². The Morgan fingerprint density at radius 3 is 1.27 bits per heavy atom. The molecule has 0 aromatic rings. The Balaban J connectivity index is 4.24. The molecule has 0 rings (SSSR count). The van der Waals surface area contributed by atoms with Crippen LogP contribution in [0.2, 0.25) is 0 Å². The molecule has 22 heavy (non-hydrogen) atoms. The normalized spacial score (nSPS) is 15.5. The Labute approximate surface area is 117 Å². The van der Waals surface area contributed by atoms with Crippen molar-refractivity contribution in [2.75, 3.05) is 0 Å². The monoisotopic (exact) mass is 344 g/mol. The first-order valence-corrected chi connectivity index (χ1v) is 5.29. The third-order valence-electron chi connectivity index (χ3n) is 1.63. The molecule has 0 fully saturated rings. The zero-order valence-corrected chi connectivity index (χ0v) is 10.4. The number of carbonyl (C=O) groups is 2. The average Bonchev–Trinajstić information content (AvgIpc) is 2.20. The molecule has 0 saturated carbocycles. The van der Waals surface area contributed by atoms with Gasteiger partial charge in [0.15, 0.2) is 0 Å². The predicted octanol–water partition coefficient (Wildman–Crippen LogP) is 3.13. The molecule has 0 aromatic carbocycles. The van der Waals surface area contributed by atoms with Gasteiger partial charge in [0.1, 0.15) is 12.8 Å². The van der Waals surface area contributed by atoms with Gasteiger partial charge in [0.25, 0.3) is 12.7 Å². The minimum atomic E-state index is -4.94. The standard InChI is InChI=1S/C10H8F8O4/c11-5(3-9(13,14)15)21-7(19)1-2-8(20)22-6(12)4-10(16,17)18/h1-2,5-6H,3-4H2. The van der Waals surface area contributed by atoms with Crippen molar-refractivity contribution in [1.82, 2.24) is 0 Å². The Bertz CT molecular complexity index is 376. The number of halogens is 8. The van der Waals surface area contributed by atoms with E-state index in [0.29, 0.717) is 0 Å². The molecule has 0 spiro atoms. The van der Waals surface area contributed by atoms with E-state index in [1.54, 1.807) is 0 Å². The molecular weight excluding hydrogens is 336 g/mol. The Kier molecular flexibility index (Phi) is 7.26. The van der Waals surface area contributed by atoms with E-state index in [4.69, 9.17) is 0 Å². The fraction of sp³-hybridized carbons (Fsp3) is 0.600. The van der Waals surface area contributed by atoms with Gasteiger partial charge < -0.3 is 9.47 Å². The maximum absolute atomic E-state index is 12.6. The number of carbonyl (C=O) groups excluding carboxylic acids is 2. The van der Waals surface area contributed by atoms with Crippen molar-refractivity contribution in [3.8, 4) is 0 Å². The molecule has 4 nitrogen and oxygen atoms in total. The molecule has 0 bridgehead atoms. The second-order valence-electron chi connectivity index (χ2n) is 3.67. The number of hydrogen-bond acceptors (Lipinski definition) is 4. The first-order chi connectivity index (χ1) is 9.78. The molecule has 0 amide bonds. The molecule has 0 aliphatic rings. The van der Waals surface area contributed by atoms with Crippen LogP contribution in [0.15, 0.2) is 12.2 Å². The van der Waals surface area contributed by atoms with Crippen molar-refractivity contribution in [3.63, 3.8) is 0 Å². The zero-order valence-electron chi connectivity index (χ0n) is 10.4. The number of ether oxygens (including phenoxy) is 2. The number of esters is 2. The number of alkyl halides is 8. The van der Waals surface area contributed by atoms with Gasteiger partial charge in [0.2, 0.25) is 0 Å². The quantitative estimate of drug-likeness (QED) is 0.422. The molecule has 2 atom stereocenters. The molecule has 2 unspecified atom stereocenters. The maximum atomic E-state index is 12.6. The van der Waals surface area contributed by atoms with Crippen LogP contribution < -0.4 is 0 Å². The summed E-state index contributed by atoms with van der Waals surface area (Å²) in [6, 6.07) is 0.